The zero-order chi connectivity index (χ0) is 15.6. The minimum atomic E-state index is 0.0853. The van der Waals surface area contributed by atoms with Crippen molar-refractivity contribution in [3.05, 3.63) is 60.1 Å². The summed E-state index contributed by atoms with van der Waals surface area (Å²) in [6.45, 7) is 2.62. The molecule has 1 amide bonds. The van der Waals surface area contributed by atoms with Gasteiger partial charge in [0.1, 0.15) is 5.76 Å². The molecule has 118 valence electrons. The molecule has 4 nitrogen and oxygen atoms in total. The van der Waals surface area contributed by atoms with E-state index in [1.807, 2.05) is 18.2 Å². The van der Waals surface area contributed by atoms with Crippen molar-refractivity contribution in [2.75, 3.05) is 20.1 Å². The second-order valence-electron chi connectivity index (χ2n) is 5.51. The Hall–Kier alpha value is -2.07. The Labute approximate surface area is 132 Å². The first-order valence-corrected chi connectivity index (χ1v) is 7.75. The van der Waals surface area contributed by atoms with Crippen molar-refractivity contribution < 1.29 is 9.21 Å². The zero-order valence-electron chi connectivity index (χ0n) is 13.1. The molecule has 0 unspecified atom stereocenters. The molecule has 0 fully saturated rings. The minimum absolute atomic E-state index is 0.0853. The first kappa shape index (κ1) is 16.3. The van der Waals surface area contributed by atoms with Crippen LogP contribution in [0, 0.1) is 0 Å². The Kier molecular flexibility index (Phi) is 6.71. The molecule has 1 aromatic heterocycles. The third-order valence-electron chi connectivity index (χ3n) is 3.51. The quantitative estimate of drug-likeness (QED) is 0.724. The van der Waals surface area contributed by atoms with Crippen LogP contribution in [0.1, 0.15) is 24.2 Å². The highest BCUT2D eigenvalue weighted by Gasteiger charge is 2.04. The second kappa shape index (κ2) is 9.05. The Morgan fingerprint density at radius 1 is 1.18 bits per heavy atom. The van der Waals surface area contributed by atoms with Crippen LogP contribution in [0.4, 0.5) is 0 Å². The number of nitrogens with one attached hydrogen (secondary N) is 1. The SMILES string of the molecule is CN(CCCNC(=O)CCc1ccco1)Cc1ccccc1. The first-order chi connectivity index (χ1) is 10.7. The molecule has 2 aromatic rings. The number of hydrogen-bond donors (Lipinski definition) is 1. The van der Waals surface area contributed by atoms with Crippen LogP contribution in [0.25, 0.3) is 0 Å². The minimum Gasteiger partial charge on any atom is -0.469 e. The van der Waals surface area contributed by atoms with Crippen LogP contribution in [0.2, 0.25) is 0 Å². The molecular weight excluding hydrogens is 276 g/mol. The summed E-state index contributed by atoms with van der Waals surface area (Å²) in [5, 5.41) is 2.96. The molecule has 0 aliphatic rings. The van der Waals surface area contributed by atoms with Crippen molar-refractivity contribution in [1.29, 1.82) is 0 Å². The monoisotopic (exact) mass is 300 g/mol. The Morgan fingerprint density at radius 3 is 2.73 bits per heavy atom. The van der Waals surface area contributed by atoms with Crippen molar-refractivity contribution in [2.45, 2.75) is 25.8 Å². The van der Waals surface area contributed by atoms with E-state index in [0.29, 0.717) is 12.8 Å². The molecule has 0 saturated heterocycles. The van der Waals surface area contributed by atoms with Gasteiger partial charge in [0.2, 0.25) is 5.91 Å². The van der Waals surface area contributed by atoms with Gasteiger partial charge in [-0.25, -0.2) is 0 Å². The van der Waals surface area contributed by atoms with Gasteiger partial charge in [0, 0.05) is 25.9 Å². The predicted molar refractivity (Wildman–Crippen MR) is 87.4 cm³/mol. The maximum absolute atomic E-state index is 11.7. The largest absolute Gasteiger partial charge is 0.469 e. The molecule has 0 aliphatic heterocycles. The van der Waals surface area contributed by atoms with E-state index in [4.69, 9.17) is 4.42 Å². The smallest absolute Gasteiger partial charge is 0.220 e. The molecule has 22 heavy (non-hydrogen) atoms. The number of carbonyl (C=O) groups is 1. The summed E-state index contributed by atoms with van der Waals surface area (Å²) in [6, 6.07) is 14.1. The van der Waals surface area contributed by atoms with Crippen molar-refractivity contribution in [1.82, 2.24) is 10.2 Å². The summed E-state index contributed by atoms with van der Waals surface area (Å²) >= 11 is 0. The number of benzene rings is 1. The van der Waals surface area contributed by atoms with Crippen LogP contribution in [-0.4, -0.2) is 30.9 Å². The topological polar surface area (TPSA) is 45.5 Å². The summed E-state index contributed by atoms with van der Waals surface area (Å²) in [4.78, 5) is 14.0. The Balaban J connectivity index is 1.53. The first-order valence-electron chi connectivity index (χ1n) is 7.75. The average Bonchev–Trinajstić information content (AvgIpc) is 3.04. The molecule has 0 radical (unpaired) electrons. The van der Waals surface area contributed by atoms with Crippen molar-refractivity contribution in [2.24, 2.45) is 0 Å². The van der Waals surface area contributed by atoms with Crippen molar-refractivity contribution >= 4 is 5.91 Å². The number of nitrogens with zero attached hydrogens (tertiary/aromatic N) is 1. The van der Waals surface area contributed by atoms with Crippen LogP contribution < -0.4 is 5.32 Å². The summed E-state index contributed by atoms with van der Waals surface area (Å²) < 4.78 is 5.21. The van der Waals surface area contributed by atoms with Gasteiger partial charge in [-0.3, -0.25) is 4.79 Å². The fourth-order valence-corrected chi connectivity index (χ4v) is 2.33. The van der Waals surface area contributed by atoms with Crippen LogP contribution in [0.5, 0.6) is 0 Å². The fourth-order valence-electron chi connectivity index (χ4n) is 2.33. The fraction of sp³-hybridized carbons (Fsp3) is 0.389. The second-order valence-corrected chi connectivity index (χ2v) is 5.51. The number of aryl methyl sites for hydroxylation is 1. The van der Waals surface area contributed by atoms with Gasteiger partial charge in [-0.1, -0.05) is 30.3 Å². The van der Waals surface area contributed by atoms with Crippen molar-refractivity contribution in [3.63, 3.8) is 0 Å². The molecule has 0 saturated carbocycles. The highest BCUT2D eigenvalue weighted by atomic mass is 16.3. The molecule has 4 heteroatoms. The highest BCUT2D eigenvalue weighted by Crippen LogP contribution is 2.04. The summed E-state index contributed by atoms with van der Waals surface area (Å²) in [7, 11) is 2.10. The third kappa shape index (κ3) is 6.14. The Morgan fingerprint density at radius 2 is 2.00 bits per heavy atom. The summed E-state index contributed by atoms with van der Waals surface area (Å²) in [5.41, 5.74) is 1.31. The van der Waals surface area contributed by atoms with E-state index in [1.54, 1.807) is 6.26 Å². The lowest BCUT2D eigenvalue weighted by molar-refractivity contribution is -0.121. The Bertz CT molecular complexity index is 537. The molecule has 0 atom stereocenters. The van der Waals surface area contributed by atoms with E-state index < -0.39 is 0 Å². The van der Waals surface area contributed by atoms with Crippen LogP contribution in [-0.2, 0) is 17.8 Å². The molecule has 1 heterocycles. The van der Waals surface area contributed by atoms with E-state index in [2.05, 4.69) is 41.5 Å². The van der Waals surface area contributed by atoms with E-state index in [1.165, 1.54) is 5.56 Å². The third-order valence-corrected chi connectivity index (χ3v) is 3.51. The maximum atomic E-state index is 11.7. The van der Waals surface area contributed by atoms with E-state index in [9.17, 15) is 4.79 Å². The lowest BCUT2D eigenvalue weighted by Crippen LogP contribution is -2.28. The number of amides is 1. The molecular formula is C18H24N2O2. The van der Waals surface area contributed by atoms with Gasteiger partial charge in [0.05, 0.1) is 6.26 Å². The maximum Gasteiger partial charge on any atom is 0.220 e. The van der Waals surface area contributed by atoms with Crippen LogP contribution >= 0.6 is 0 Å². The lowest BCUT2D eigenvalue weighted by atomic mass is 10.2. The van der Waals surface area contributed by atoms with E-state index in [0.717, 1.165) is 31.8 Å². The highest BCUT2D eigenvalue weighted by molar-refractivity contribution is 5.75. The standard InChI is InChI=1S/C18H24N2O2/c1-20(15-16-7-3-2-4-8-16)13-6-12-19-18(21)11-10-17-9-5-14-22-17/h2-5,7-9,14H,6,10-13,15H2,1H3,(H,19,21). The van der Waals surface area contributed by atoms with Crippen LogP contribution in [0.3, 0.4) is 0 Å². The number of rotatable bonds is 9. The molecule has 0 aliphatic carbocycles. The summed E-state index contributed by atoms with van der Waals surface area (Å²) in [5.74, 6) is 0.944. The van der Waals surface area contributed by atoms with Gasteiger partial charge >= 0.3 is 0 Å². The van der Waals surface area contributed by atoms with Crippen molar-refractivity contribution in [3.8, 4) is 0 Å². The van der Waals surface area contributed by atoms with Gasteiger partial charge in [-0.2, -0.15) is 0 Å². The van der Waals surface area contributed by atoms with Crippen LogP contribution in [0.15, 0.2) is 53.1 Å². The van der Waals surface area contributed by atoms with E-state index in [-0.39, 0.29) is 5.91 Å². The van der Waals surface area contributed by atoms with E-state index >= 15 is 0 Å². The number of hydrogen-bond acceptors (Lipinski definition) is 3. The lowest BCUT2D eigenvalue weighted by Gasteiger charge is -2.16. The molecule has 0 spiro atoms. The zero-order valence-corrected chi connectivity index (χ0v) is 13.1. The summed E-state index contributed by atoms with van der Waals surface area (Å²) in [6.07, 6.45) is 3.73. The molecule has 1 aromatic carbocycles. The molecule has 2 rings (SSSR count). The average molecular weight is 300 g/mol. The van der Waals surface area contributed by atoms with Gasteiger partial charge in [0.15, 0.2) is 0 Å². The number of furan rings is 1. The van der Waals surface area contributed by atoms with Gasteiger partial charge < -0.3 is 14.6 Å². The molecule has 0 bridgehead atoms. The normalized spacial score (nSPS) is 10.8. The van der Waals surface area contributed by atoms with Gasteiger partial charge in [-0.05, 0) is 37.7 Å². The molecule has 1 N–H and O–H groups in total. The number of carbonyl (C=O) groups excluding carboxylic acids is 1. The predicted octanol–water partition coefficient (Wildman–Crippen LogP) is 2.85. The van der Waals surface area contributed by atoms with Gasteiger partial charge in [-0.15, -0.1) is 0 Å². The van der Waals surface area contributed by atoms with Gasteiger partial charge in [0.25, 0.3) is 0 Å².